The Balaban J connectivity index is 1.57. The van der Waals surface area contributed by atoms with Crippen molar-refractivity contribution in [1.29, 1.82) is 0 Å². The van der Waals surface area contributed by atoms with Gasteiger partial charge in [-0.15, -0.1) is 0 Å². The molecule has 2 aliphatic heterocycles. The lowest BCUT2D eigenvalue weighted by atomic mass is 10.1. The first-order chi connectivity index (χ1) is 11.6. The van der Waals surface area contributed by atoms with E-state index in [4.69, 9.17) is 4.74 Å². The van der Waals surface area contributed by atoms with Crippen molar-refractivity contribution in [3.63, 3.8) is 0 Å². The van der Waals surface area contributed by atoms with Crippen LogP contribution in [-0.2, 0) is 24.1 Å². The Labute approximate surface area is 137 Å². The molecule has 0 bridgehead atoms. The van der Waals surface area contributed by atoms with Gasteiger partial charge in [0.2, 0.25) is 0 Å². The van der Waals surface area contributed by atoms with Crippen molar-refractivity contribution >= 4 is 5.82 Å². The number of aromatic nitrogens is 2. The van der Waals surface area contributed by atoms with Crippen molar-refractivity contribution in [2.45, 2.75) is 25.4 Å². The van der Waals surface area contributed by atoms with Crippen LogP contribution >= 0.6 is 0 Å². The van der Waals surface area contributed by atoms with E-state index >= 15 is 0 Å². The number of nitrogens with zero attached hydrogens (tertiary/aromatic N) is 3. The quantitative estimate of drug-likeness (QED) is 0.855. The Morgan fingerprint density at radius 2 is 2.12 bits per heavy atom. The molecule has 1 aromatic carbocycles. The first-order valence-electron chi connectivity index (χ1n) is 8.01. The fourth-order valence-electron chi connectivity index (χ4n) is 3.38. The second-order valence-corrected chi connectivity index (χ2v) is 6.16. The predicted octanol–water partition coefficient (Wildman–Crippen LogP) is 1.53. The van der Waals surface area contributed by atoms with Gasteiger partial charge in [0, 0.05) is 18.7 Å². The van der Waals surface area contributed by atoms with Crippen molar-refractivity contribution in [2.75, 3.05) is 24.7 Å². The number of hydrogen-bond donors (Lipinski definition) is 0. The number of halogens is 2. The molecule has 126 valence electrons. The fraction of sp³-hybridized carbons (Fsp3) is 0.412. The van der Waals surface area contributed by atoms with E-state index in [1.165, 1.54) is 12.1 Å². The van der Waals surface area contributed by atoms with Crippen molar-refractivity contribution < 1.29 is 13.5 Å². The minimum Gasteiger partial charge on any atom is -0.377 e. The Hall–Kier alpha value is -2.28. The van der Waals surface area contributed by atoms with Crippen LogP contribution in [0.15, 0.2) is 29.1 Å². The fourth-order valence-corrected chi connectivity index (χ4v) is 3.38. The van der Waals surface area contributed by atoms with Crippen molar-refractivity contribution in [2.24, 2.45) is 0 Å². The molecule has 1 atom stereocenters. The van der Waals surface area contributed by atoms with Crippen molar-refractivity contribution in [3.8, 4) is 0 Å². The Kier molecular flexibility index (Phi) is 3.80. The van der Waals surface area contributed by atoms with Gasteiger partial charge in [0.25, 0.3) is 0 Å². The van der Waals surface area contributed by atoms with Gasteiger partial charge in [-0.25, -0.2) is 13.6 Å². The van der Waals surface area contributed by atoms with Gasteiger partial charge in [0.15, 0.2) is 0 Å². The van der Waals surface area contributed by atoms with E-state index in [-0.39, 0.29) is 11.7 Å². The molecule has 2 aromatic rings. The minimum atomic E-state index is -0.594. The molecule has 4 rings (SSSR count). The van der Waals surface area contributed by atoms with Crippen LogP contribution in [0.2, 0.25) is 0 Å². The zero-order valence-corrected chi connectivity index (χ0v) is 13.0. The lowest BCUT2D eigenvalue weighted by Crippen LogP contribution is -2.43. The second kappa shape index (κ2) is 5.98. The molecule has 0 spiro atoms. The third-order valence-corrected chi connectivity index (χ3v) is 4.62. The number of rotatable bonds is 3. The maximum Gasteiger partial charge on any atom is 0.349 e. The molecule has 0 saturated carbocycles. The van der Waals surface area contributed by atoms with E-state index in [1.807, 2.05) is 6.07 Å². The summed E-state index contributed by atoms with van der Waals surface area (Å²) in [6.45, 7) is 2.59. The van der Waals surface area contributed by atoms with Crippen molar-refractivity contribution in [3.05, 3.63) is 57.6 Å². The summed E-state index contributed by atoms with van der Waals surface area (Å²) in [5, 5.41) is 0. The van der Waals surface area contributed by atoms with E-state index in [1.54, 1.807) is 4.57 Å². The summed E-state index contributed by atoms with van der Waals surface area (Å²) in [6, 6.07) is 5.62. The average molecular weight is 333 g/mol. The molecule has 2 aliphatic rings. The molecule has 0 aliphatic carbocycles. The highest BCUT2D eigenvalue weighted by Crippen LogP contribution is 2.26. The lowest BCUT2D eigenvalue weighted by molar-refractivity contribution is 0.0956. The van der Waals surface area contributed by atoms with E-state index in [9.17, 15) is 13.6 Å². The molecule has 24 heavy (non-hydrogen) atoms. The highest BCUT2D eigenvalue weighted by molar-refractivity contribution is 5.46. The van der Waals surface area contributed by atoms with Crippen LogP contribution in [0.1, 0.15) is 11.3 Å². The van der Waals surface area contributed by atoms with Gasteiger partial charge in [-0.2, -0.15) is 4.98 Å². The van der Waals surface area contributed by atoms with Gasteiger partial charge in [0.05, 0.1) is 31.5 Å². The minimum absolute atomic E-state index is 0.179. The topological polar surface area (TPSA) is 47.4 Å². The zero-order chi connectivity index (χ0) is 16.7. The maximum atomic E-state index is 13.7. The third-order valence-electron chi connectivity index (χ3n) is 4.62. The Morgan fingerprint density at radius 3 is 2.96 bits per heavy atom. The summed E-state index contributed by atoms with van der Waals surface area (Å²) >= 11 is 0. The van der Waals surface area contributed by atoms with Gasteiger partial charge in [0.1, 0.15) is 17.5 Å². The van der Waals surface area contributed by atoms with E-state index in [2.05, 4.69) is 9.88 Å². The van der Waals surface area contributed by atoms with Crippen LogP contribution in [0.5, 0.6) is 0 Å². The van der Waals surface area contributed by atoms with Gasteiger partial charge >= 0.3 is 5.69 Å². The molecule has 1 fully saturated rings. The molecule has 1 unspecified atom stereocenters. The Morgan fingerprint density at radius 1 is 1.25 bits per heavy atom. The van der Waals surface area contributed by atoms with Crippen LogP contribution < -0.4 is 10.6 Å². The van der Waals surface area contributed by atoms with Crippen LogP contribution in [0.25, 0.3) is 0 Å². The standard InChI is InChI=1S/C17H17F2N3O2/c18-12-3-1-11(15(19)7-12)2-4-13-8-16-21-5-6-24-10-14(21)9-22(16)17(23)20-13/h1,3,7-8,14H,2,4-6,9-10H2. The third kappa shape index (κ3) is 2.69. The summed E-state index contributed by atoms with van der Waals surface area (Å²) < 4.78 is 33.8. The molecular formula is C17H17F2N3O2. The SMILES string of the molecule is O=c1nc(CCc2ccc(F)cc2F)cc2n1CC1COCCN21. The molecular weight excluding hydrogens is 316 g/mol. The van der Waals surface area contributed by atoms with Crippen LogP contribution in [0.3, 0.4) is 0 Å². The summed E-state index contributed by atoms with van der Waals surface area (Å²) in [5.74, 6) is -0.303. The maximum absolute atomic E-state index is 13.7. The zero-order valence-electron chi connectivity index (χ0n) is 13.0. The van der Waals surface area contributed by atoms with Gasteiger partial charge in [-0.3, -0.25) is 4.57 Å². The molecule has 5 nitrogen and oxygen atoms in total. The van der Waals surface area contributed by atoms with E-state index in [0.717, 1.165) is 18.4 Å². The number of morpholine rings is 1. The van der Waals surface area contributed by atoms with Crippen LogP contribution in [0.4, 0.5) is 14.6 Å². The van der Waals surface area contributed by atoms with E-state index < -0.39 is 11.6 Å². The van der Waals surface area contributed by atoms with Crippen LogP contribution in [0, 0.1) is 11.6 Å². The summed E-state index contributed by atoms with van der Waals surface area (Å²) in [6.07, 6.45) is 0.801. The molecule has 0 N–H and O–H groups in total. The number of benzene rings is 1. The van der Waals surface area contributed by atoms with E-state index in [0.29, 0.717) is 43.9 Å². The van der Waals surface area contributed by atoms with Gasteiger partial charge in [-0.05, 0) is 24.5 Å². The monoisotopic (exact) mass is 333 g/mol. The normalized spacial score (nSPS) is 19.2. The molecule has 0 amide bonds. The summed E-state index contributed by atoms with van der Waals surface area (Å²) in [5.41, 5.74) is 0.765. The largest absolute Gasteiger partial charge is 0.377 e. The second-order valence-electron chi connectivity index (χ2n) is 6.16. The number of ether oxygens (including phenoxy) is 1. The lowest BCUT2D eigenvalue weighted by Gasteiger charge is -2.30. The first-order valence-corrected chi connectivity index (χ1v) is 8.01. The summed E-state index contributed by atoms with van der Waals surface area (Å²) in [4.78, 5) is 18.5. The van der Waals surface area contributed by atoms with Gasteiger partial charge < -0.3 is 9.64 Å². The van der Waals surface area contributed by atoms with Crippen molar-refractivity contribution in [1.82, 2.24) is 9.55 Å². The number of fused-ring (bicyclic) bond motifs is 3. The number of anilines is 1. The highest BCUT2D eigenvalue weighted by atomic mass is 19.1. The highest BCUT2D eigenvalue weighted by Gasteiger charge is 2.33. The molecule has 3 heterocycles. The summed E-state index contributed by atoms with van der Waals surface area (Å²) in [7, 11) is 0. The average Bonchev–Trinajstić information content (AvgIpc) is 2.94. The van der Waals surface area contributed by atoms with Gasteiger partial charge in [-0.1, -0.05) is 6.07 Å². The predicted molar refractivity (Wildman–Crippen MR) is 84.2 cm³/mol. The first kappa shape index (κ1) is 15.3. The molecule has 1 saturated heterocycles. The number of aryl methyl sites for hydroxylation is 2. The van der Waals surface area contributed by atoms with Crippen LogP contribution in [-0.4, -0.2) is 35.4 Å². The number of hydrogen-bond acceptors (Lipinski definition) is 4. The molecule has 1 aromatic heterocycles. The Bertz CT molecular complexity index is 837. The molecule has 0 radical (unpaired) electrons. The molecule has 7 heteroatoms. The smallest absolute Gasteiger partial charge is 0.349 e.